The summed E-state index contributed by atoms with van der Waals surface area (Å²) in [5.41, 5.74) is 3.30. The maximum Gasteiger partial charge on any atom is 0.258 e. The molecule has 0 bridgehead atoms. The number of benzene rings is 2. The van der Waals surface area contributed by atoms with Gasteiger partial charge in [-0.3, -0.25) is 4.79 Å². The molecule has 0 aliphatic carbocycles. The highest BCUT2D eigenvalue weighted by molar-refractivity contribution is 6.30. The van der Waals surface area contributed by atoms with Gasteiger partial charge in [0, 0.05) is 23.3 Å². The lowest BCUT2D eigenvalue weighted by Crippen LogP contribution is -2.11. The van der Waals surface area contributed by atoms with Crippen LogP contribution in [-0.2, 0) is 6.42 Å². The first kappa shape index (κ1) is 16.4. The first-order valence-electron chi connectivity index (χ1n) is 8.14. The minimum absolute atomic E-state index is 0.253. The van der Waals surface area contributed by atoms with Crippen LogP contribution >= 0.6 is 11.6 Å². The number of carbonyl (C=O) groups excluding carboxylic acids is 1. The number of hydrogen-bond donors (Lipinski definition) is 1. The summed E-state index contributed by atoms with van der Waals surface area (Å²) in [6.07, 6.45) is 3.89. The smallest absolute Gasteiger partial charge is 0.258 e. The SMILES string of the molecule is CCc1nc2cc(NC(=O)c3cnn(-c4cccc(Cl)c4)c3)ccc2o1. The Morgan fingerprint density at radius 1 is 1.27 bits per heavy atom. The van der Waals surface area contributed by atoms with Crippen molar-refractivity contribution in [2.24, 2.45) is 0 Å². The minimum atomic E-state index is -0.253. The molecule has 130 valence electrons. The Bertz CT molecular complexity index is 1100. The average Bonchev–Trinajstić information content (AvgIpc) is 3.28. The molecular formula is C19H15ClN4O2. The molecule has 2 aromatic carbocycles. The van der Waals surface area contributed by atoms with Gasteiger partial charge < -0.3 is 9.73 Å². The van der Waals surface area contributed by atoms with Crippen molar-refractivity contribution in [3.63, 3.8) is 0 Å². The van der Waals surface area contributed by atoms with Crippen molar-refractivity contribution in [3.8, 4) is 5.69 Å². The highest BCUT2D eigenvalue weighted by Crippen LogP contribution is 2.21. The number of halogens is 1. The van der Waals surface area contributed by atoms with Gasteiger partial charge in [-0.05, 0) is 36.4 Å². The molecule has 0 saturated carbocycles. The Morgan fingerprint density at radius 3 is 2.96 bits per heavy atom. The molecule has 1 amide bonds. The highest BCUT2D eigenvalue weighted by atomic mass is 35.5. The van der Waals surface area contributed by atoms with E-state index in [2.05, 4.69) is 15.4 Å². The second-order valence-corrected chi connectivity index (χ2v) is 6.19. The Morgan fingerprint density at radius 2 is 2.15 bits per heavy atom. The maximum atomic E-state index is 12.5. The van der Waals surface area contributed by atoms with Crippen molar-refractivity contribution in [1.29, 1.82) is 0 Å². The van der Waals surface area contributed by atoms with E-state index in [9.17, 15) is 4.79 Å². The zero-order chi connectivity index (χ0) is 18.1. The van der Waals surface area contributed by atoms with E-state index in [1.165, 1.54) is 6.20 Å². The van der Waals surface area contributed by atoms with Gasteiger partial charge in [0.15, 0.2) is 11.5 Å². The molecule has 0 fully saturated rings. The molecule has 26 heavy (non-hydrogen) atoms. The third-order valence-electron chi connectivity index (χ3n) is 3.91. The van der Waals surface area contributed by atoms with Gasteiger partial charge in [-0.1, -0.05) is 24.6 Å². The number of hydrogen-bond acceptors (Lipinski definition) is 4. The topological polar surface area (TPSA) is 73.0 Å². The van der Waals surface area contributed by atoms with E-state index in [-0.39, 0.29) is 5.91 Å². The summed E-state index contributed by atoms with van der Waals surface area (Å²) in [6, 6.07) is 12.6. The van der Waals surface area contributed by atoms with Crippen LogP contribution in [0.15, 0.2) is 59.3 Å². The number of carbonyl (C=O) groups is 1. The van der Waals surface area contributed by atoms with Crippen LogP contribution in [0.1, 0.15) is 23.2 Å². The molecule has 0 unspecified atom stereocenters. The first-order valence-corrected chi connectivity index (χ1v) is 8.51. The lowest BCUT2D eigenvalue weighted by molar-refractivity contribution is 0.102. The Balaban J connectivity index is 1.55. The molecule has 4 aromatic rings. The Hall–Kier alpha value is -3.12. The van der Waals surface area contributed by atoms with E-state index in [0.29, 0.717) is 33.3 Å². The summed E-state index contributed by atoms with van der Waals surface area (Å²) < 4.78 is 7.18. The van der Waals surface area contributed by atoms with Gasteiger partial charge in [-0.15, -0.1) is 0 Å². The number of fused-ring (bicyclic) bond motifs is 1. The number of amides is 1. The second-order valence-electron chi connectivity index (χ2n) is 5.75. The van der Waals surface area contributed by atoms with Crippen LogP contribution in [0, 0.1) is 0 Å². The van der Waals surface area contributed by atoms with Gasteiger partial charge in [0.1, 0.15) is 5.52 Å². The van der Waals surface area contributed by atoms with Crippen LogP contribution in [-0.4, -0.2) is 20.7 Å². The summed E-state index contributed by atoms with van der Waals surface area (Å²) in [4.78, 5) is 16.9. The number of nitrogens with zero attached hydrogens (tertiary/aromatic N) is 3. The molecule has 0 aliphatic rings. The normalized spacial score (nSPS) is 11.0. The zero-order valence-corrected chi connectivity index (χ0v) is 14.7. The van der Waals surface area contributed by atoms with Crippen molar-refractivity contribution in [3.05, 3.63) is 71.3 Å². The molecule has 2 aromatic heterocycles. The monoisotopic (exact) mass is 366 g/mol. The van der Waals surface area contributed by atoms with Gasteiger partial charge >= 0.3 is 0 Å². The number of rotatable bonds is 4. The summed E-state index contributed by atoms with van der Waals surface area (Å²) >= 11 is 6.00. The van der Waals surface area contributed by atoms with Crippen LogP contribution < -0.4 is 5.32 Å². The van der Waals surface area contributed by atoms with E-state index in [1.807, 2.05) is 19.1 Å². The van der Waals surface area contributed by atoms with Crippen LogP contribution in [0.4, 0.5) is 5.69 Å². The minimum Gasteiger partial charge on any atom is -0.441 e. The summed E-state index contributed by atoms with van der Waals surface area (Å²) in [5.74, 6) is 0.420. The van der Waals surface area contributed by atoms with E-state index in [1.54, 1.807) is 41.2 Å². The van der Waals surface area contributed by atoms with E-state index in [4.69, 9.17) is 16.0 Å². The summed E-state index contributed by atoms with van der Waals surface area (Å²) in [6.45, 7) is 1.98. The standard InChI is InChI=1S/C19H15ClN4O2/c1-2-18-23-16-9-14(6-7-17(16)26-18)22-19(25)12-10-21-24(11-12)15-5-3-4-13(20)8-15/h3-11H,2H2,1H3,(H,22,25). The largest absolute Gasteiger partial charge is 0.441 e. The molecular weight excluding hydrogens is 352 g/mol. The van der Waals surface area contributed by atoms with Crippen molar-refractivity contribution in [2.75, 3.05) is 5.32 Å². The summed E-state index contributed by atoms with van der Waals surface area (Å²) in [7, 11) is 0. The molecule has 2 heterocycles. The van der Waals surface area contributed by atoms with Crippen LogP contribution in [0.3, 0.4) is 0 Å². The lowest BCUT2D eigenvalue weighted by Gasteiger charge is -2.03. The molecule has 6 nitrogen and oxygen atoms in total. The fourth-order valence-corrected chi connectivity index (χ4v) is 2.79. The number of oxazole rings is 1. The van der Waals surface area contributed by atoms with E-state index in [0.717, 1.165) is 12.1 Å². The van der Waals surface area contributed by atoms with Crippen LogP contribution in [0.2, 0.25) is 5.02 Å². The molecule has 0 aliphatic heterocycles. The average molecular weight is 367 g/mol. The predicted octanol–water partition coefficient (Wildman–Crippen LogP) is 4.48. The fraction of sp³-hybridized carbons (Fsp3) is 0.105. The fourth-order valence-electron chi connectivity index (χ4n) is 2.61. The van der Waals surface area contributed by atoms with Crippen molar-refractivity contribution < 1.29 is 9.21 Å². The Labute approximate surface area is 154 Å². The van der Waals surface area contributed by atoms with Crippen LogP contribution in [0.25, 0.3) is 16.8 Å². The Kier molecular flexibility index (Phi) is 4.18. The molecule has 1 N–H and O–H groups in total. The first-order chi connectivity index (χ1) is 12.6. The predicted molar refractivity (Wildman–Crippen MR) is 99.9 cm³/mol. The van der Waals surface area contributed by atoms with Crippen molar-refractivity contribution in [1.82, 2.24) is 14.8 Å². The van der Waals surface area contributed by atoms with Gasteiger partial charge in [-0.25, -0.2) is 9.67 Å². The summed E-state index contributed by atoms with van der Waals surface area (Å²) in [5, 5.41) is 7.69. The second kappa shape index (κ2) is 6.65. The van der Waals surface area contributed by atoms with Gasteiger partial charge in [0.25, 0.3) is 5.91 Å². The third-order valence-corrected chi connectivity index (χ3v) is 4.14. The maximum absolute atomic E-state index is 12.5. The molecule has 0 spiro atoms. The molecule has 0 radical (unpaired) electrons. The molecule has 0 saturated heterocycles. The van der Waals surface area contributed by atoms with Gasteiger partial charge in [-0.2, -0.15) is 5.10 Å². The van der Waals surface area contributed by atoms with E-state index < -0.39 is 0 Å². The van der Waals surface area contributed by atoms with Crippen LogP contribution in [0.5, 0.6) is 0 Å². The van der Waals surface area contributed by atoms with Gasteiger partial charge in [0.05, 0.1) is 17.4 Å². The number of aryl methyl sites for hydroxylation is 1. The number of anilines is 1. The van der Waals surface area contributed by atoms with Crippen molar-refractivity contribution >= 4 is 34.3 Å². The quantitative estimate of drug-likeness (QED) is 0.578. The van der Waals surface area contributed by atoms with Gasteiger partial charge in [0.2, 0.25) is 0 Å². The highest BCUT2D eigenvalue weighted by Gasteiger charge is 2.12. The molecule has 0 atom stereocenters. The number of nitrogens with one attached hydrogen (secondary N) is 1. The number of aromatic nitrogens is 3. The lowest BCUT2D eigenvalue weighted by atomic mass is 10.2. The van der Waals surface area contributed by atoms with Crippen molar-refractivity contribution in [2.45, 2.75) is 13.3 Å². The molecule has 4 rings (SSSR count). The zero-order valence-electron chi connectivity index (χ0n) is 13.9. The van der Waals surface area contributed by atoms with E-state index >= 15 is 0 Å². The molecule has 7 heteroatoms. The third kappa shape index (κ3) is 3.19.